The van der Waals surface area contributed by atoms with Gasteiger partial charge >= 0.3 is 0 Å². The summed E-state index contributed by atoms with van der Waals surface area (Å²) in [5, 5.41) is 0. The summed E-state index contributed by atoms with van der Waals surface area (Å²) in [6.07, 6.45) is 8.02. The van der Waals surface area contributed by atoms with Crippen molar-refractivity contribution < 1.29 is 14.0 Å². The molecule has 2 aliphatic heterocycles. The number of piperidine rings is 2. The summed E-state index contributed by atoms with van der Waals surface area (Å²) in [7, 11) is 0. The van der Waals surface area contributed by atoms with E-state index in [4.69, 9.17) is 4.42 Å². The molecule has 0 aromatic carbocycles. The molecule has 2 saturated heterocycles. The number of nitrogens with zero attached hydrogens (tertiary/aromatic N) is 5. The van der Waals surface area contributed by atoms with Crippen LogP contribution in [-0.4, -0.2) is 56.2 Å². The molecule has 0 N–H and O–H groups in total. The zero-order valence-corrected chi connectivity index (χ0v) is 16.3. The van der Waals surface area contributed by atoms with Crippen LogP contribution in [0, 0.1) is 19.3 Å². The van der Waals surface area contributed by atoms with Crippen molar-refractivity contribution in [1.82, 2.24) is 24.8 Å². The highest BCUT2D eigenvalue weighted by molar-refractivity contribution is 5.93. The maximum atomic E-state index is 12.9. The minimum absolute atomic E-state index is 0.0718. The van der Waals surface area contributed by atoms with Crippen LogP contribution in [0.4, 0.5) is 0 Å². The van der Waals surface area contributed by atoms with Crippen molar-refractivity contribution in [3.05, 3.63) is 41.6 Å². The number of hydrogen-bond acceptors (Lipinski definition) is 6. The Bertz CT molecular complexity index is 878. The lowest BCUT2D eigenvalue weighted by molar-refractivity contribution is -0.139. The summed E-state index contributed by atoms with van der Waals surface area (Å²) >= 11 is 0. The largest absolute Gasteiger partial charge is 0.448 e. The monoisotopic (exact) mass is 383 g/mol. The van der Waals surface area contributed by atoms with Gasteiger partial charge in [0.2, 0.25) is 5.91 Å². The predicted molar refractivity (Wildman–Crippen MR) is 100 cm³/mol. The third-order valence-corrected chi connectivity index (χ3v) is 5.83. The summed E-state index contributed by atoms with van der Waals surface area (Å²) in [5.41, 5.74) is 1.96. The Morgan fingerprint density at radius 2 is 2.04 bits per heavy atom. The van der Waals surface area contributed by atoms with E-state index >= 15 is 0 Å². The molecule has 148 valence electrons. The van der Waals surface area contributed by atoms with Crippen molar-refractivity contribution in [1.29, 1.82) is 0 Å². The molecule has 4 rings (SSSR count). The van der Waals surface area contributed by atoms with Crippen LogP contribution in [0.2, 0.25) is 0 Å². The van der Waals surface area contributed by atoms with Gasteiger partial charge in [0, 0.05) is 37.7 Å². The van der Waals surface area contributed by atoms with Crippen LogP contribution >= 0.6 is 0 Å². The highest BCUT2D eigenvalue weighted by Gasteiger charge is 2.43. The summed E-state index contributed by atoms with van der Waals surface area (Å²) in [4.78, 5) is 41.9. The molecule has 1 spiro atoms. The van der Waals surface area contributed by atoms with Crippen molar-refractivity contribution >= 4 is 11.8 Å². The molecule has 2 aliphatic rings. The topological polar surface area (TPSA) is 92.4 Å². The normalized spacial score (nSPS) is 22.7. The van der Waals surface area contributed by atoms with Gasteiger partial charge in [0.25, 0.3) is 5.91 Å². The molecule has 0 radical (unpaired) electrons. The fraction of sp³-hybridized carbons (Fsp3) is 0.550. The molecule has 0 bridgehead atoms. The molecule has 1 atom stereocenters. The van der Waals surface area contributed by atoms with Gasteiger partial charge in [0.15, 0.2) is 12.1 Å². The summed E-state index contributed by atoms with van der Waals surface area (Å²) in [5.74, 6) is 0.602. The first-order valence-electron chi connectivity index (χ1n) is 9.70. The van der Waals surface area contributed by atoms with Gasteiger partial charge in [-0.2, -0.15) is 0 Å². The number of carbonyl (C=O) groups excluding carboxylic acids is 2. The van der Waals surface area contributed by atoms with Gasteiger partial charge in [-0.1, -0.05) is 0 Å². The molecule has 0 aliphatic carbocycles. The van der Waals surface area contributed by atoms with Crippen molar-refractivity contribution in [2.45, 2.75) is 46.1 Å². The summed E-state index contributed by atoms with van der Waals surface area (Å²) in [6, 6.07) is 0. The van der Waals surface area contributed by atoms with Crippen LogP contribution in [0.25, 0.3) is 0 Å². The van der Waals surface area contributed by atoms with Crippen molar-refractivity contribution in [3.63, 3.8) is 0 Å². The molecule has 8 heteroatoms. The van der Waals surface area contributed by atoms with Crippen LogP contribution in [0.5, 0.6) is 0 Å². The van der Waals surface area contributed by atoms with Gasteiger partial charge in [-0.05, 0) is 33.1 Å². The third-order valence-electron chi connectivity index (χ3n) is 5.83. The molecule has 0 unspecified atom stereocenters. The van der Waals surface area contributed by atoms with E-state index in [1.165, 1.54) is 6.39 Å². The van der Waals surface area contributed by atoms with Crippen molar-refractivity contribution in [2.24, 2.45) is 5.41 Å². The standard InChI is InChI=1S/C20H25N5O3/c1-14-8-22-16(9-21-14)10-25-12-20(6-4-17(25)26)5-3-7-24(11-20)19(27)18-15(2)28-13-23-18/h8-9,13H,3-7,10-12H2,1-2H3/t20-/m1/s1. The summed E-state index contributed by atoms with van der Waals surface area (Å²) in [6.45, 7) is 6.10. The van der Waals surface area contributed by atoms with E-state index in [-0.39, 0.29) is 17.2 Å². The first kappa shape index (κ1) is 18.6. The molecule has 2 aromatic rings. The van der Waals surface area contributed by atoms with E-state index in [9.17, 15) is 9.59 Å². The number of aryl methyl sites for hydroxylation is 2. The zero-order valence-electron chi connectivity index (χ0n) is 16.3. The predicted octanol–water partition coefficient (Wildman–Crippen LogP) is 2.13. The third kappa shape index (κ3) is 3.63. The van der Waals surface area contributed by atoms with Crippen LogP contribution in [0.15, 0.2) is 23.2 Å². The van der Waals surface area contributed by atoms with Crippen LogP contribution in [0.3, 0.4) is 0 Å². The maximum Gasteiger partial charge on any atom is 0.276 e. The number of oxazole rings is 1. The Balaban J connectivity index is 1.48. The first-order valence-corrected chi connectivity index (χ1v) is 9.70. The molecular weight excluding hydrogens is 358 g/mol. The molecule has 8 nitrogen and oxygen atoms in total. The lowest BCUT2D eigenvalue weighted by Crippen LogP contribution is -2.55. The molecule has 4 heterocycles. The fourth-order valence-corrected chi connectivity index (χ4v) is 4.32. The molecule has 2 amide bonds. The lowest BCUT2D eigenvalue weighted by atomic mass is 9.73. The van der Waals surface area contributed by atoms with Gasteiger partial charge < -0.3 is 14.2 Å². The Labute approximate surface area is 164 Å². The summed E-state index contributed by atoms with van der Waals surface area (Å²) < 4.78 is 5.19. The van der Waals surface area contributed by atoms with Crippen LogP contribution in [0.1, 0.15) is 53.3 Å². The lowest BCUT2D eigenvalue weighted by Gasteiger charge is -2.48. The average molecular weight is 383 g/mol. The molecular formula is C20H25N5O3. The molecule has 2 fully saturated rings. The fourth-order valence-electron chi connectivity index (χ4n) is 4.32. The second-order valence-electron chi connectivity index (χ2n) is 7.99. The van der Waals surface area contributed by atoms with E-state index in [0.29, 0.717) is 44.1 Å². The second kappa shape index (κ2) is 7.33. The van der Waals surface area contributed by atoms with Gasteiger partial charge in [0.1, 0.15) is 5.76 Å². The Morgan fingerprint density at radius 3 is 2.75 bits per heavy atom. The minimum atomic E-state index is -0.0850. The van der Waals surface area contributed by atoms with Crippen LogP contribution < -0.4 is 0 Å². The van der Waals surface area contributed by atoms with Gasteiger partial charge in [-0.3, -0.25) is 19.6 Å². The molecule has 0 saturated carbocycles. The Kier molecular flexibility index (Phi) is 4.87. The number of amides is 2. The van der Waals surface area contributed by atoms with Gasteiger partial charge in [-0.25, -0.2) is 4.98 Å². The van der Waals surface area contributed by atoms with Crippen molar-refractivity contribution in [3.8, 4) is 0 Å². The zero-order chi connectivity index (χ0) is 19.7. The van der Waals surface area contributed by atoms with Crippen LogP contribution in [-0.2, 0) is 11.3 Å². The Hall–Kier alpha value is -2.77. The molecule has 28 heavy (non-hydrogen) atoms. The highest BCUT2D eigenvalue weighted by atomic mass is 16.3. The van der Waals surface area contributed by atoms with E-state index in [1.807, 2.05) is 16.7 Å². The molecule has 2 aromatic heterocycles. The SMILES string of the molecule is Cc1cnc(CN2C[C@]3(CCCN(C(=O)c4ncoc4C)C3)CCC2=O)cn1. The number of likely N-dealkylation sites (tertiary alicyclic amines) is 2. The van der Waals surface area contributed by atoms with Crippen molar-refractivity contribution in [2.75, 3.05) is 19.6 Å². The van der Waals surface area contributed by atoms with E-state index in [0.717, 1.165) is 30.7 Å². The quantitative estimate of drug-likeness (QED) is 0.806. The second-order valence-corrected chi connectivity index (χ2v) is 7.99. The van der Waals surface area contributed by atoms with E-state index in [2.05, 4.69) is 15.0 Å². The average Bonchev–Trinajstić information content (AvgIpc) is 3.12. The number of hydrogen-bond donors (Lipinski definition) is 0. The first-order chi connectivity index (χ1) is 13.5. The number of carbonyl (C=O) groups is 2. The maximum absolute atomic E-state index is 12.9. The van der Waals surface area contributed by atoms with Gasteiger partial charge in [-0.15, -0.1) is 0 Å². The number of aromatic nitrogens is 3. The Morgan fingerprint density at radius 1 is 1.18 bits per heavy atom. The van der Waals surface area contributed by atoms with Gasteiger partial charge in [0.05, 0.1) is 24.1 Å². The smallest absolute Gasteiger partial charge is 0.276 e. The number of rotatable bonds is 3. The highest BCUT2D eigenvalue weighted by Crippen LogP contribution is 2.39. The van der Waals surface area contributed by atoms with E-state index in [1.54, 1.807) is 19.3 Å². The van der Waals surface area contributed by atoms with E-state index < -0.39 is 0 Å². The minimum Gasteiger partial charge on any atom is -0.448 e.